The molecule has 1 amide bonds. The zero-order valence-corrected chi connectivity index (χ0v) is 20.0. The first kappa shape index (κ1) is 23.2. The fourth-order valence-electron chi connectivity index (χ4n) is 4.15. The van der Waals surface area contributed by atoms with Gasteiger partial charge in [-0.05, 0) is 74.6 Å². The van der Waals surface area contributed by atoms with Crippen molar-refractivity contribution < 1.29 is 17.7 Å². The highest BCUT2D eigenvalue weighted by molar-refractivity contribution is 7.89. The van der Waals surface area contributed by atoms with E-state index in [-0.39, 0.29) is 16.6 Å². The second kappa shape index (κ2) is 9.49. The zero-order chi connectivity index (χ0) is 23.6. The molecule has 2 aromatic carbocycles. The summed E-state index contributed by atoms with van der Waals surface area (Å²) in [5.74, 6) is 0.0863. The van der Waals surface area contributed by atoms with Gasteiger partial charge in [-0.15, -0.1) is 0 Å². The Labute approximate surface area is 194 Å². The van der Waals surface area contributed by atoms with E-state index in [0.29, 0.717) is 18.0 Å². The molecule has 0 unspecified atom stereocenters. The standard InChI is InChI=1S/C25H29N3O4S/c1-4-21-7-5-6-14-28(21)33(30,31)22-12-10-20(11-13-22)26-25(29)23-16-24(32-27-23)19-9-8-17(2)18(3)15-19/h8-13,15-16,21H,4-7,14H2,1-3H3,(H,26,29)/t21-/m1/s1. The number of hydrogen-bond donors (Lipinski definition) is 1. The Morgan fingerprint density at radius 2 is 1.85 bits per heavy atom. The van der Waals surface area contributed by atoms with Crippen molar-refractivity contribution >= 4 is 21.6 Å². The van der Waals surface area contributed by atoms with Gasteiger partial charge in [-0.3, -0.25) is 4.79 Å². The fraction of sp³-hybridized carbons (Fsp3) is 0.360. The van der Waals surface area contributed by atoms with Gasteiger partial charge in [0.05, 0.1) is 4.90 Å². The maximum absolute atomic E-state index is 13.1. The number of anilines is 1. The molecule has 7 nitrogen and oxygen atoms in total. The first-order valence-electron chi connectivity index (χ1n) is 11.3. The number of rotatable bonds is 6. The summed E-state index contributed by atoms with van der Waals surface area (Å²) in [4.78, 5) is 12.9. The molecule has 1 aliphatic heterocycles. The van der Waals surface area contributed by atoms with Gasteiger partial charge in [0.1, 0.15) is 0 Å². The van der Waals surface area contributed by atoms with Gasteiger partial charge in [0.25, 0.3) is 5.91 Å². The minimum absolute atomic E-state index is 0.0433. The number of sulfonamides is 1. The lowest BCUT2D eigenvalue weighted by molar-refractivity contribution is 0.101. The van der Waals surface area contributed by atoms with E-state index in [9.17, 15) is 13.2 Å². The molecule has 33 heavy (non-hydrogen) atoms. The van der Waals surface area contributed by atoms with E-state index >= 15 is 0 Å². The van der Waals surface area contributed by atoms with Gasteiger partial charge in [0.15, 0.2) is 11.5 Å². The topological polar surface area (TPSA) is 92.5 Å². The quantitative estimate of drug-likeness (QED) is 0.540. The van der Waals surface area contributed by atoms with Crippen LogP contribution in [0.2, 0.25) is 0 Å². The van der Waals surface area contributed by atoms with E-state index in [0.717, 1.165) is 36.8 Å². The average molecular weight is 468 g/mol. The number of nitrogens with zero attached hydrogens (tertiary/aromatic N) is 2. The highest BCUT2D eigenvalue weighted by Gasteiger charge is 2.32. The van der Waals surface area contributed by atoms with E-state index in [4.69, 9.17) is 4.52 Å². The van der Waals surface area contributed by atoms with Crippen LogP contribution in [0.1, 0.15) is 54.2 Å². The normalized spacial score (nSPS) is 17.1. The number of benzene rings is 2. The third-order valence-corrected chi connectivity index (χ3v) is 8.26. The molecule has 1 N–H and O–H groups in total. The summed E-state index contributed by atoms with van der Waals surface area (Å²) >= 11 is 0. The van der Waals surface area contributed by atoms with Crippen LogP contribution in [0.3, 0.4) is 0 Å². The Balaban J connectivity index is 1.46. The van der Waals surface area contributed by atoms with Gasteiger partial charge in [-0.25, -0.2) is 8.42 Å². The molecule has 8 heteroatoms. The summed E-state index contributed by atoms with van der Waals surface area (Å²) in [6.07, 6.45) is 3.63. The van der Waals surface area contributed by atoms with Crippen LogP contribution in [0.15, 0.2) is 57.9 Å². The first-order chi connectivity index (χ1) is 15.8. The van der Waals surface area contributed by atoms with Gasteiger partial charge >= 0.3 is 0 Å². The molecule has 1 atom stereocenters. The van der Waals surface area contributed by atoms with Crippen LogP contribution in [0.25, 0.3) is 11.3 Å². The van der Waals surface area contributed by atoms with Gasteiger partial charge in [0.2, 0.25) is 10.0 Å². The predicted molar refractivity (Wildman–Crippen MR) is 128 cm³/mol. The third-order valence-electron chi connectivity index (χ3n) is 6.30. The van der Waals surface area contributed by atoms with Gasteiger partial charge in [-0.1, -0.05) is 30.6 Å². The van der Waals surface area contributed by atoms with Crippen molar-refractivity contribution in [1.29, 1.82) is 0 Å². The number of carbonyl (C=O) groups excluding carboxylic acids is 1. The molecule has 174 valence electrons. The zero-order valence-electron chi connectivity index (χ0n) is 19.2. The number of hydrogen-bond acceptors (Lipinski definition) is 5. The molecular weight excluding hydrogens is 438 g/mol. The molecule has 0 bridgehead atoms. The van der Waals surface area contributed by atoms with Crippen molar-refractivity contribution in [2.45, 2.75) is 57.4 Å². The Kier molecular flexibility index (Phi) is 6.67. The maximum Gasteiger partial charge on any atom is 0.277 e. The van der Waals surface area contributed by atoms with Crippen molar-refractivity contribution in [2.24, 2.45) is 0 Å². The fourth-order valence-corrected chi connectivity index (χ4v) is 5.92. The molecule has 2 heterocycles. The van der Waals surface area contributed by atoms with Crippen molar-refractivity contribution in [3.05, 3.63) is 65.4 Å². The van der Waals surface area contributed by atoms with Gasteiger partial charge in [-0.2, -0.15) is 4.31 Å². The highest BCUT2D eigenvalue weighted by Crippen LogP contribution is 2.28. The number of carbonyl (C=O) groups is 1. The second-order valence-corrected chi connectivity index (χ2v) is 10.4. The molecule has 4 rings (SSSR count). The Hall–Kier alpha value is -2.97. The highest BCUT2D eigenvalue weighted by atomic mass is 32.2. The van der Waals surface area contributed by atoms with Crippen LogP contribution in [0.5, 0.6) is 0 Å². The molecule has 0 aliphatic carbocycles. The van der Waals surface area contributed by atoms with E-state index in [2.05, 4.69) is 10.5 Å². The van der Waals surface area contributed by atoms with Crippen molar-refractivity contribution in [1.82, 2.24) is 9.46 Å². The predicted octanol–water partition coefficient (Wildman–Crippen LogP) is 5.16. The summed E-state index contributed by atoms with van der Waals surface area (Å²) < 4.78 is 33.2. The van der Waals surface area contributed by atoms with Crippen LogP contribution in [0, 0.1) is 13.8 Å². The molecule has 1 aliphatic rings. The minimum Gasteiger partial charge on any atom is -0.355 e. The summed E-state index contributed by atoms with van der Waals surface area (Å²) in [5.41, 5.74) is 3.79. The first-order valence-corrected chi connectivity index (χ1v) is 12.7. The smallest absolute Gasteiger partial charge is 0.277 e. The molecule has 0 spiro atoms. The number of piperidine rings is 1. The van der Waals surface area contributed by atoms with Gasteiger partial charge in [0, 0.05) is 29.9 Å². The largest absolute Gasteiger partial charge is 0.355 e. The summed E-state index contributed by atoms with van der Waals surface area (Å²) in [5, 5.41) is 6.64. The van der Waals surface area contributed by atoms with E-state index < -0.39 is 15.9 Å². The number of nitrogens with one attached hydrogen (secondary N) is 1. The van der Waals surface area contributed by atoms with Crippen molar-refractivity contribution in [3.63, 3.8) is 0 Å². The lowest BCUT2D eigenvalue weighted by Gasteiger charge is -2.34. The van der Waals surface area contributed by atoms with Crippen LogP contribution < -0.4 is 5.32 Å². The molecular formula is C25H29N3O4S. The minimum atomic E-state index is -3.56. The van der Waals surface area contributed by atoms with E-state index in [1.54, 1.807) is 22.5 Å². The lowest BCUT2D eigenvalue weighted by Crippen LogP contribution is -2.43. The number of amides is 1. The second-order valence-electron chi connectivity index (χ2n) is 8.53. The molecule has 3 aromatic rings. The maximum atomic E-state index is 13.1. The Morgan fingerprint density at radius 1 is 1.09 bits per heavy atom. The van der Waals surface area contributed by atoms with Crippen LogP contribution in [-0.2, 0) is 10.0 Å². The molecule has 1 aromatic heterocycles. The number of aryl methyl sites for hydroxylation is 2. The van der Waals surface area contributed by atoms with Crippen molar-refractivity contribution in [2.75, 3.05) is 11.9 Å². The molecule has 0 radical (unpaired) electrons. The Morgan fingerprint density at radius 3 is 2.55 bits per heavy atom. The van der Waals surface area contributed by atoms with Crippen LogP contribution in [-0.4, -0.2) is 36.4 Å². The van der Waals surface area contributed by atoms with E-state index in [1.165, 1.54) is 17.7 Å². The summed E-state index contributed by atoms with van der Waals surface area (Å²) in [7, 11) is -3.56. The third kappa shape index (κ3) is 4.86. The van der Waals surface area contributed by atoms with Crippen molar-refractivity contribution in [3.8, 4) is 11.3 Å². The Bertz CT molecular complexity index is 1250. The average Bonchev–Trinajstić information content (AvgIpc) is 3.32. The number of aromatic nitrogens is 1. The molecule has 0 saturated carbocycles. The van der Waals surface area contributed by atoms with Crippen LogP contribution >= 0.6 is 0 Å². The SMILES string of the molecule is CC[C@@H]1CCCCN1S(=O)(=O)c1ccc(NC(=O)c2cc(-c3ccc(C)c(C)c3)on2)cc1. The monoisotopic (exact) mass is 467 g/mol. The van der Waals surface area contributed by atoms with Crippen LogP contribution in [0.4, 0.5) is 5.69 Å². The van der Waals surface area contributed by atoms with Gasteiger partial charge < -0.3 is 9.84 Å². The summed E-state index contributed by atoms with van der Waals surface area (Å²) in [6, 6.07) is 13.8. The molecule has 1 saturated heterocycles. The molecule has 1 fully saturated rings. The summed E-state index contributed by atoms with van der Waals surface area (Å²) in [6.45, 7) is 6.62. The lowest BCUT2D eigenvalue weighted by atomic mass is 10.0. The van der Waals surface area contributed by atoms with E-state index in [1.807, 2.05) is 39.0 Å².